The SMILES string of the molecule is COC[C@H]1O[C@H](O[C@H]2[C@H](OC)[C@@H](O[C@H]3O[C@H](CN)[C@@H](OC)[C@H](OC)[C@H]3OC)[C@H](N)C[C@@H]2N)[C@H](OC)[C@@H](N)[C@@H]1OC.O=C(O)C(F)(F)F.O=C(O)C(F)(F)F.O=C(O)C(F)(F)F.O=C(O)C(F)(F)F. The van der Waals surface area contributed by atoms with Crippen molar-refractivity contribution in [2.75, 3.05) is 62.9 Å². The van der Waals surface area contributed by atoms with E-state index in [1.54, 1.807) is 35.5 Å². The molecule has 2 aliphatic heterocycles. The normalized spacial score (nSPS) is 32.0. The average Bonchev–Trinajstić information content (AvgIpc) is 3.21. The first-order chi connectivity index (χ1) is 31.0. The number of carbonyl (C=O) groups is 4. The molecule has 3 fully saturated rings. The van der Waals surface area contributed by atoms with E-state index < -0.39 is 140 Å². The number of aliphatic carboxylic acids is 4. The Bertz CT molecular complexity index is 1410. The zero-order valence-electron chi connectivity index (χ0n) is 36.5. The Labute approximate surface area is 377 Å². The molecule has 0 unspecified atom stereocenters. The molecular formula is C33H54F12N4O19. The second kappa shape index (κ2) is 29.6. The Balaban J connectivity index is 0. The Kier molecular flexibility index (Phi) is 28.9. The van der Waals surface area contributed by atoms with Crippen LogP contribution >= 0.6 is 0 Å². The molecule has 2 heterocycles. The van der Waals surface area contributed by atoms with Crippen molar-refractivity contribution in [3.63, 3.8) is 0 Å². The summed E-state index contributed by atoms with van der Waals surface area (Å²) in [6.07, 6.45) is -27.6. The molecule has 2 saturated heterocycles. The lowest BCUT2D eigenvalue weighted by atomic mass is 9.84. The van der Waals surface area contributed by atoms with Crippen LogP contribution in [-0.2, 0) is 71.3 Å². The highest BCUT2D eigenvalue weighted by atomic mass is 19.4. The van der Waals surface area contributed by atoms with E-state index >= 15 is 0 Å². The van der Waals surface area contributed by atoms with Gasteiger partial charge in [-0.05, 0) is 6.42 Å². The van der Waals surface area contributed by atoms with Gasteiger partial charge >= 0.3 is 48.6 Å². The van der Waals surface area contributed by atoms with Crippen molar-refractivity contribution in [2.24, 2.45) is 22.9 Å². The van der Waals surface area contributed by atoms with E-state index in [0.29, 0.717) is 6.42 Å². The summed E-state index contributed by atoms with van der Waals surface area (Å²) < 4.78 is 192. The molecule has 15 atom stereocenters. The van der Waals surface area contributed by atoms with E-state index in [1.807, 2.05) is 0 Å². The van der Waals surface area contributed by atoms with Crippen molar-refractivity contribution in [3.8, 4) is 0 Å². The van der Waals surface area contributed by atoms with Crippen LogP contribution in [-0.4, -0.2) is 224 Å². The van der Waals surface area contributed by atoms with Crippen molar-refractivity contribution >= 4 is 23.9 Å². The molecule has 0 bridgehead atoms. The van der Waals surface area contributed by atoms with Gasteiger partial charge in [0.15, 0.2) is 12.6 Å². The van der Waals surface area contributed by atoms with Crippen LogP contribution in [0.5, 0.6) is 0 Å². The van der Waals surface area contributed by atoms with E-state index in [2.05, 4.69) is 0 Å². The molecule has 0 radical (unpaired) electrons. The van der Waals surface area contributed by atoms with Gasteiger partial charge in [-0.3, -0.25) is 0 Å². The molecule has 68 heavy (non-hydrogen) atoms. The molecule has 0 aromatic carbocycles. The smallest absolute Gasteiger partial charge is 0.475 e. The fraction of sp³-hybridized carbons (Fsp3) is 0.879. The van der Waals surface area contributed by atoms with Gasteiger partial charge in [0.05, 0.1) is 12.6 Å². The van der Waals surface area contributed by atoms with E-state index in [4.69, 9.17) is 115 Å². The number of hydrogen-bond acceptors (Lipinski definition) is 19. The zero-order valence-corrected chi connectivity index (χ0v) is 36.5. The third-order valence-electron chi connectivity index (χ3n) is 9.08. The van der Waals surface area contributed by atoms with Crippen molar-refractivity contribution < 1.29 is 144 Å². The van der Waals surface area contributed by atoms with E-state index in [-0.39, 0.29) is 13.2 Å². The highest BCUT2D eigenvalue weighted by Gasteiger charge is 2.54. The molecule has 1 saturated carbocycles. The number of nitrogens with two attached hydrogens (primary N) is 4. The number of carboxylic acid groups (broad SMARTS) is 4. The number of ether oxygens (including phenoxy) is 11. The van der Waals surface area contributed by atoms with Crippen LogP contribution in [0.2, 0.25) is 0 Å². The summed E-state index contributed by atoms with van der Waals surface area (Å²) in [6, 6.07) is -1.58. The number of rotatable bonds is 13. The molecule has 0 aromatic rings. The monoisotopic (exact) mass is 1040 g/mol. The molecule has 0 aromatic heterocycles. The van der Waals surface area contributed by atoms with Crippen LogP contribution in [0, 0.1) is 0 Å². The Morgan fingerprint density at radius 1 is 0.471 bits per heavy atom. The second-order valence-corrected chi connectivity index (χ2v) is 13.5. The largest absolute Gasteiger partial charge is 0.490 e. The molecule has 0 spiro atoms. The minimum absolute atomic E-state index is 0.179. The molecule has 1 aliphatic carbocycles. The van der Waals surface area contributed by atoms with Gasteiger partial charge in [-0.15, -0.1) is 0 Å². The van der Waals surface area contributed by atoms with Crippen molar-refractivity contribution in [2.45, 2.75) is 123 Å². The van der Waals surface area contributed by atoms with E-state index in [9.17, 15) is 52.7 Å². The maximum Gasteiger partial charge on any atom is 0.490 e. The van der Waals surface area contributed by atoms with Gasteiger partial charge in [0.25, 0.3) is 0 Å². The number of methoxy groups -OCH3 is 7. The van der Waals surface area contributed by atoms with Crippen LogP contribution in [0.4, 0.5) is 52.7 Å². The first kappa shape index (κ1) is 66.5. The molecule has 23 nitrogen and oxygen atoms in total. The lowest BCUT2D eigenvalue weighted by Gasteiger charge is -2.50. The number of hydrogen-bond donors (Lipinski definition) is 8. The van der Waals surface area contributed by atoms with Crippen LogP contribution in [0.15, 0.2) is 0 Å². The topological polar surface area (TPSA) is 355 Å². The van der Waals surface area contributed by atoms with Crippen LogP contribution < -0.4 is 22.9 Å². The first-order valence-corrected chi connectivity index (χ1v) is 18.5. The minimum Gasteiger partial charge on any atom is -0.475 e. The van der Waals surface area contributed by atoms with E-state index in [1.165, 1.54) is 14.2 Å². The van der Waals surface area contributed by atoms with Crippen molar-refractivity contribution in [1.29, 1.82) is 0 Å². The Morgan fingerprint density at radius 3 is 1.01 bits per heavy atom. The van der Waals surface area contributed by atoms with Crippen LogP contribution in [0.1, 0.15) is 6.42 Å². The summed E-state index contributed by atoms with van der Waals surface area (Å²) in [6.45, 7) is 0.422. The van der Waals surface area contributed by atoms with Gasteiger partial charge in [-0.25, -0.2) is 19.2 Å². The summed E-state index contributed by atoms with van der Waals surface area (Å²) in [5.41, 5.74) is 25.6. The zero-order chi connectivity index (χ0) is 53.9. The summed E-state index contributed by atoms with van der Waals surface area (Å²) in [4.78, 5) is 35.6. The number of halogens is 12. The molecule has 0 amide bonds. The highest BCUT2D eigenvalue weighted by molar-refractivity contribution is 5.74. The maximum atomic E-state index is 10.6. The second-order valence-electron chi connectivity index (χ2n) is 13.5. The van der Waals surface area contributed by atoms with Gasteiger partial charge in [0.1, 0.15) is 61.0 Å². The number of alkyl halides is 12. The Morgan fingerprint density at radius 2 is 0.750 bits per heavy atom. The molecule has 3 aliphatic rings. The average molecular weight is 1040 g/mol. The van der Waals surface area contributed by atoms with Gasteiger partial charge in [0.2, 0.25) is 0 Å². The van der Waals surface area contributed by atoms with Crippen molar-refractivity contribution in [3.05, 3.63) is 0 Å². The standard InChI is InChI=1S/C25H50N4O11.4C2HF3O2/c1-30-10-14-18(31-2)15(29)20(33-4)24(38-14)39-16-11(27)8-12(28)17(21(16)34-5)40-25-23(36-7)22(35-6)19(32-3)13(9-26)37-25;4*3-2(4,5)1(6)7/h11-25H,8-10,26-29H2,1-7H3;4*(H,6,7)/t11-,12+,13+,14+,15-,16+,17-,18+,19+,20+,21-,22-,23+,24+,25+;;;;/m0..../s1. The maximum absolute atomic E-state index is 10.6. The fourth-order valence-electron chi connectivity index (χ4n) is 6.10. The summed E-state index contributed by atoms with van der Waals surface area (Å²) in [7, 11) is 10.9. The van der Waals surface area contributed by atoms with Gasteiger partial charge < -0.3 is 95.5 Å². The third-order valence-corrected chi connectivity index (χ3v) is 9.08. The van der Waals surface area contributed by atoms with Gasteiger partial charge in [0, 0.05) is 68.4 Å². The minimum atomic E-state index is -5.08. The Hall–Kier alpha value is -3.56. The molecule has 12 N–H and O–H groups in total. The fourth-order valence-corrected chi connectivity index (χ4v) is 6.10. The van der Waals surface area contributed by atoms with E-state index in [0.717, 1.165) is 0 Å². The highest BCUT2D eigenvalue weighted by Crippen LogP contribution is 2.35. The lowest BCUT2D eigenvalue weighted by molar-refractivity contribution is -0.340. The van der Waals surface area contributed by atoms with Crippen molar-refractivity contribution in [1.82, 2.24) is 0 Å². The first-order valence-electron chi connectivity index (χ1n) is 18.5. The molecule has 404 valence electrons. The predicted octanol–water partition coefficient (Wildman–Crippen LogP) is -0.179. The molecule has 35 heteroatoms. The van der Waals surface area contributed by atoms with Gasteiger partial charge in [-0.2, -0.15) is 52.7 Å². The van der Waals surface area contributed by atoms with Gasteiger partial charge in [-0.1, -0.05) is 0 Å². The van der Waals surface area contributed by atoms with Crippen LogP contribution in [0.3, 0.4) is 0 Å². The molecule has 3 rings (SSSR count). The predicted molar refractivity (Wildman–Crippen MR) is 196 cm³/mol. The third kappa shape index (κ3) is 21.2. The lowest BCUT2D eigenvalue weighted by Crippen LogP contribution is -2.69. The number of carboxylic acids is 4. The summed E-state index contributed by atoms with van der Waals surface area (Å²) in [5, 5.41) is 28.5. The summed E-state index contributed by atoms with van der Waals surface area (Å²) >= 11 is 0. The van der Waals surface area contributed by atoms with Crippen LogP contribution in [0.25, 0.3) is 0 Å². The summed E-state index contributed by atoms with van der Waals surface area (Å²) in [5.74, 6) is -11.0. The molecular weight excluding hydrogens is 984 g/mol. The quantitative estimate of drug-likeness (QED) is 0.111.